The van der Waals surface area contributed by atoms with Crippen molar-refractivity contribution in [2.75, 3.05) is 0 Å². The van der Waals surface area contributed by atoms with Gasteiger partial charge in [0, 0.05) is 17.7 Å². The Morgan fingerprint density at radius 1 is 1.20 bits per heavy atom. The van der Waals surface area contributed by atoms with E-state index in [1.807, 2.05) is 0 Å². The summed E-state index contributed by atoms with van der Waals surface area (Å²) in [5, 5.41) is 8.64. The molecule has 54 valence electrons. The third-order valence-electron chi connectivity index (χ3n) is 1.27. The molecule has 1 aromatic rings. The Kier molecular flexibility index (Phi) is 1.57. The smallest absolute Gasteiger partial charge is 0.132 e. The molecule has 0 unspecified atom stereocenters. The summed E-state index contributed by atoms with van der Waals surface area (Å²) in [6.07, 6.45) is 0. The molecule has 0 radical (unpaired) electrons. The van der Waals surface area contributed by atoms with E-state index in [1.165, 1.54) is 6.92 Å². The molecule has 0 saturated carbocycles. The number of rotatable bonds is 0. The Morgan fingerprint density at radius 2 is 1.60 bits per heavy atom. The van der Waals surface area contributed by atoms with Crippen molar-refractivity contribution in [3.8, 4) is 5.75 Å². The van der Waals surface area contributed by atoms with Gasteiger partial charge in [0.25, 0.3) is 0 Å². The van der Waals surface area contributed by atoms with Gasteiger partial charge >= 0.3 is 0 Å². The maximum Gasteiger partial charge on any atom is 0.132 e. The lowest BCUT2D eigenvalue weighted by atomic mass is 10.2. The predicted octanol–water partition coefficient (Wildman–Crippen LogP) is 1.98. The lowest BCUT2D eigenvalue weighted by Crippen LogP contribution is -1.86. The summed E-state index contributed by atoms with van der Waals surface area (Å²) in [5.41, 5.74) is -0.0715. The molecular weight excluding hydrogens is 138 g/mol. The number of hydrogen-bond donors (Lipinski definition) is 1. The molecule has 0 atom stereocenters. The fourth-order valence-corrected chi connectivity index (χ4v) is 0.632. The molecule has 3 heteroatoms. The fraction of sp³-hybridized carbons (Fsp3) is 0.143. The van der Waals surface area contributed by atoms with Crippen molar-refractivity contribution in [3.05, 3.63) is 29.3 Å². The SMILES string of the molecule is Cc1c(F)cc(O)cc1F. The Labute approximate surface area is 56.9 Å². The first kappa shape index (κ1) is 6.99. The minimum Gasteiger partial charge on any atom is -0.508 e. The number of aromatic hydroxyl groups is 1. The molecular formula is C7H6F2O. The van der Waals surface area contributed by atoms with Gasteiger partial charge < -0.3 is 5.11 Å². The molecule has 1 N–H and O–H groups in total. The average Bonchev–Trinajstić information content (AvgIpc) is 1.82. The Morgan fingerprint density at radius 3 is 2.00 bits per heavy atom. The molecule has 0 aliphatic heterocycles. The zero-order valence-corrected chi connectivity index (χ0v) is 5.36. The van der Waals surface area contributed by atoms with E-state index in [0.29, 0.717) is 0 Å². The first-order chi connectivity index (χ1) is 4.61. The van der Waals surface area contributed by atoms with Crippen molar-refractivity contribution in [1.29, 1.82) is 0 Å². The van der Waals surface area contributed by atoms with Crippen LogP contribution >= 0.6 is 0 Å². The average molecular weight is 144 g/mol. The normalized spacial score (nSPS) is 9.90. The van der Waals surface area contributed by atoms with E-state index in [9.17, 15) is 8.78 Å². The lowest BCUT2D eigenvalue weighted by Gasteiger charge is -1.97. The van der Waals surface area contributed by atoms with Gasteiger partial charge in [-0.25, -0.2) is 8.78 Å². The molecule has 0 aromatic heterocycles. The van der Waals surface area contributed by atoms with E-state index >= 15 is 0 Å². The van der Waals surface area contributed by atoms with Gasteiger partial charge in [0.05, 0.1) is 0 Å². The summed E-state index contributed by atoms with van der Waals surface area (Å²) >= 11 is 0. The van der Waals surface area contributed by atoms with E-state index in [0.717, 1.165) is 12.1 Å². The van der Waals surface area contributed by atoms with Crippen LogP contribution in [0.3, 0.4) is 0 Å². The molecule has 0 spiro atoms. The zero-order valence-electron chi connectivity index (χ0n) is 5.36. The molecule has 1 rings (SSSR count). The summed E-state index contributed by atoms with van der Waals surface area (Å²) in [6.45, 7) is 1.31. The van der Waals surface area contributed by atoms with Gasteiger partial charge in [0.1, 0.15) is 17.4 Å². The highest BCUT2D eigenvalue weighted by Gasteiger charge is 2.04. The summed E-state index contributed by atoms with van der Waals surface area (Å²) in [6, 6.07) is 1.75. The molecule has 0 heterocycles. The highest BCUT2D eigenvalue weighted by Crippen LogP contribution is 2.17. The number of phenolic OH excluding ortho intramolecular Hbond substituents is 1. The first-order valence-electron chi connectivity index (χ1n) is 2.76. The number of hydrogen-bond acceptors (Lipinski definition) is 1. The van der Waals surface area contributed by atoms with Crippen molar-refractivity contribution in [3.63, 3.8) is 0 Å². The largest absolute Gasteiger partial charge is 0.508 e. The van der Waals surface area contributed by atoms with Crippen LogP contribution in [0.25, 0.3) is 0 Å². The van der Waals surface area contributed by atoms with Gasteiger partial charge in [0.2, 0.25) is 0 Å². The molecule has 0 amide bonds. The van der Waals surface area contributed by atoms with E-state index in [4.69, 9.17) is 5.11 Å². The van der Waals surface area contributed by atoms with E-state index in [1.54, 1.807) is 0 Å². The van der Waals surface area contributed by atoms with E-state index < -0.39 is 11.6 Å². The minimum atomic E-state index is -0.725. The third-order valence-corrected chi connectivity index (χ3v) is 1.27. The molecule has 0 aliphatic carbocycles. The molecule has 0 bridgehead atoms. The van der Waals surface area contributed by atoms with Crippen molar-refractivity contribution in [1.82, 2.24) is 0 Å². The second kappa shape index (κ2) is 2.25. The van der Waals surface area contributed by atoms with Crippen LogP contribution in [0.15, 0.2) is 12.1 Å². The van der Waals surface area contributed by atoms with Gasteiger partial charge in [-0.15, -0.1) is 0 Å². The topological polar surface area (TPSA) is 20.2 Å². The minimum absolute atomic E-state index is 0.0715. The van der Waals surface area contributed by atoms with E-state index in [2.05, 4.69) is 0 Å². The van der Waals surface area contributed by atoms with Gasteiger partial charge in [-0.2, -0.15) is 0 Å². The van der Waals surface area contributed by atoms with Crippen molar-refractivity contribution < 1.29 is 13.9 Å². The molecule has 0 saturated heterocycles. The standard InChI is InChI=1S/C7H6F2O/c1-4-6(8)2-5(10)3-7(4)9/h2-3,10H,1H3. The highest BCUT2D eigenvalue weighted by atomic mass is 19.1. The first-order valence-corrected chi connectivity index (χ1v) is 2.76. The second-order valence-electron chi connectivity index (χ2n) is 2.03. The van der Waals surface area contributed by atoms with Crippen molar-refractivity contribution >= 4 is 0 Å². The van der Waals surface area contributed by atoms with E-state index in [-0.39, 0.29) is 11.3 Å². The molecule has 1 nitrogen and oxygen atoms in total. The summed E-state index contributed by atoms with van der Waals surface area (Å²) in [7, 11) is 0. The highest BCUT2D eigenvalue weighted by molar-refractivity contribution is 5.28. The van der Waals surface area contributed by atoms with Crippen LogP contribution in [0.4, 0.5) is 8.78 Å². The second-order valence-corrected chi connectivity index (χ2v) is 2.03. The van der Waals surface area contributed by atoms with Crippen LogP contribution in [-0.4, -0.2) is 5.11 Å². The van der Waals surface area contributed by atoms with Crippen LogP contribution in [0.2, 0.25) is 0 Å². The maximum atomic E-state index is 12.4. The number of halogens is 2. The monoisotopic (exact) mass is 144 g/mol. The molecule has 10 heavy (non-hydrogen) atoms. The van der Waals surface area contributed by atoms with Gasteiger partial charge in [-0.05, 0) is 6.92 Å². The Hall–Kier alpha value is -1.12. The number of benzene rings is 1. The number of phenols is 1. The van der Waals surface area contributed by atoms with Gasteiger partial charge in [-0.1, -0.05) is 0 Å². The summed E-state index contributed by atoms with van der Waals surface area (Å²) < 4.78 is 24.9. The van der Waals surface area contributed by atoms with Gasteiger partial charge in [0.15, 0.2) is 0 Å². The van der Waals surface area contributed by atoms with Crippen LogP contribution in [0.1, 0.15) is 5.56 Å². The maximum absolute atomic E-state index is 12.4. The quantitative estimate of drug-likeness (QED) is 0.590. The summed E-state index contributed by atoms with van der Waals surface area (Å²) in [4.78, 5) is 0. The zero-order chi connectivity index (χ0) is 7.72. The van der Waals surface area contributed by atoms with Crippen LogP contribution < -0.4 is 0 Å². The van der Waals surface area contributed by atoms with Crippen LogP contribution in [0.5, 0.6) is 5.75 Å². The third kappa shape index (κ3) is 1.07. The predicted molar refractivity (Wildman–Crippen MR) is 32.8 cm³/mol. The van der Waals surface area contributed by atoms with Crippen molar-refractivity contribution in [2.24, 2.45) is 0 Å². The molecule has 0 aliphatic rings. The Bertz CT molecular complexity index is 235. The van der Waals surface area contributed by atoms with Crippen molar-refractivity contribution in [2.45, 2.75) is 6.92 Å². The lowest BCUT2D eigenvalue weighted by molar-refractivity contribution is 0.458. The Balaban J connectivity index is 3.31. The van der Waals surface area contributed by atoms with Crippen LogP contribution in [0, 0.1) is 18.6 Å². The van der Waals surface area contributed by atoms with Gasteiger partial charge in [-0.3, -0.25) is 0 Å². The summed E-state index contributed by atoms with van der Waals surface area (Å²) in [5.74, 6) is -1.84. The molecule has 0 fully saturated rings. The fourth-order valence-electron chi connectivity index (χ4n) is 0.632. The molecule has 1 aromatic carbocycles. The van der Waals surface area contributed by atoms with Crippen LogP contribution in [-0.2, 0) is 0 Å².